The van der Waals surface area contributed by atoms with Gasteiger partial charge in [0.25, 0.3) is 0 Å². The van der Waals surface area contributed by atoms with Crippen molar-refractivity contribution in [2.24, 2.45) is 0 Å². The summed E-state index contributed by atoms with van der Waals surface area (Å²) in [5.74, 6) is 0. The summed E-state index contributed by atoms with van der Waals surface area (Å²) in [6.07, 6.45) is -0.387. The molecule has 0 aliphatic heterocycles. The Morgan fingerprint density at radius 1 is 1.25 bits per heavy atom. The van der Waals surface area contributed by atoms with Crippen LogP contribution >= 0.6 is 0 Å². The Labute approximate surface area is 73.9 Å². The van der Waals surface area contributed by atoms with E-state index < -0.39 is 0 Å². The smallest absolute Gasteiger partial charge is 0.0745 e. The first kappa shape index (κ1) is 11.8. The first-order valence-corrected chi connectivity index (χ1v) is 4.25. The highest BCUT2D eigenvalue weighted by molar-refractivity contribution is 4.41. The summed E-state index contributed by atoms with van der Waals surface area (Å²) >= 11 is 0. The van der Waals surface area contributed by atoms with Crippen molar-refractivity contribution in [3.8, 4) is 0 Å². The van der Waals surface area contributed by atoms with E-state index >= 15 is 0 Å². The number of nitrogens with one attached hydrogen (secondary N) is 1. The molecule has 0 amide bonds. The van der Waals surface area contributed by atoms with E-state index in [0.29, 0.717) is 26.4 Å². The molecule has 0 radical (unpaired) electrons. The van der Waals surface area contributed by atoms with Crippen molar-refractivity contribution in [2.75, 3.05) is 40.0 Å². The third-order valence-corrected chi connectivity index (χ3v) is 1.23. The number of hydrogen-bond donors (Lipinski definition) is 2. The monoisotopic (exact) mass is 177 g/mol. The van der Waals surface area contributed by atoms with E-state index in [1.54, 1.807) is 6.92 Å². The lowest BCUT2D eigenvalue weighted by Crippen LogP contribution is -2.17. The van der Waals surface area contributed by atoms with Crippen LogP contribution in [0.1, 0.15) is 6.92 Å². The Morgan fingerprint density at radius 3 is 2.50 bits per heavy atom. The number of aliphatic hydroxyl groups excluding tert-OH is 1. The second-order valence-corrected chi connectivity index (χ2v) is 2.64. The maximum Gasteiger partial charge on any atom is 0.0745 e. The molecule has 0 spiro atoms. The van der Waals surface area contributed by atoms with Crippen LogP contribution < -0.4 is 5.32 Å². The van der Waals surface area contributed by atoms with Crippen LogP contribution in [0.3, 0.4) is 0 Å². The predicted octanol–water partition coefficient (Wildman–Crippen LogP) is -0.380. The van der Waals surface area contributed by atoms with Crippen molar-refractivity contribution in [1.29, 1.82) is 0 Å². The molecule has 0 aliphatic rings. The summed E-state index contributed by atoms with van der Waals surface area (Å²) in [5, 5.41) is 11.8. The Balaban J connectivity index is 2.82. The average molecular weight is 177 g/mol. The van der Waals surface area contributed by atoms with Gasteiger partial charge >= 0.3 is 0 Å². The summed E-state index contributed by atoms with van der Waals surface area (Å²) in [5.41, 5.74) is 0. The van der Waals surface area contributed by atoms with E-state index in [-0.39, 0.29) is 6.10 Å². The van der Waals surface area contributed by atoms with Gasteiger partial charge in [0.15, 0.2) is 0 Å². The minimum absolute atomic E-state index is 0.384. The lowest BCUT2D eigenvalue weighted by atomic mass is 10.4. The van der Waals surface area contributed by atoms with Gasteiger partial charge < -0.3 is 19.9 Å². The number of aliphatic hydroxyl groups is 1. The van der Waals surface area contributed by atoms with Gasteiger partial charge in [-0.25, -0.2) is 0 Å². The quantitative estimate of drug-likeness (QED) is 0.496. The first-order valence-electron chi connectivity index (χ1n) is 4.25. The molecule has 1 atom stereocenters. The molecule has 0 heterocycles. The van der Waals surface area contributed by atoms with E-state index in [1.807, 2.05) is 7.05 Å². The Hall–Kier alpha value is -0.160. The lowest BCUT2D eigenvalue weighted by Gasteiger charge is -2.06. The van der Waals surface area contributed by atoms with Crippen molar-refractivity contribution in [3.05, 3.63) is 0 Å². The predicted molar refractivity (Wildman–Crippen MR) is 47.2 cm³/mol. The van der Waals surface area contributed by atoms with Crippen molar-refractivity contribution in [3.63, 3.8) is 0 Å². The molecule has 1 unspecified atom stereocenters. The molecule has 0 bridgehead atoms. The third kappa shape index (κ3) is 9.84. The van der Waals surface area contributed by atoms with Crippen LogP contribution in [-0.2, 0) is 9.47 Å². The summed E-state index contributed by atoms with van der Waals surface area (Å²) in [6, 6.07) is 0. The lowest BCUT2D eigenvalue weighted by molar-refractivity contribution is 0.0104. The van der Waals surface area contributed by atoms with Gasteiger partial charge in [0.1, 0.15) is 0 Å². The van der Waals surface area contributed by atoms with Crippen molar-refractivity contribution < 1.29 is 14.6 Å². The van der Waals surface area contributed by atoms with E-state index in [4.69, 9.17) is 14.6 Å². The summed E-state index contributed by atoms with van der Waals surface area (Å²) in [7, 11) is 1.88. The molecule has 0 aromatic carbocycles. The number of rotatable bonds is 8. The Bertz CT molecular complexity index is 88.4. The fourth-order valence-electron chi connectivity index (χ4n) is 0.648. The molecule has 0 saturated heterocycles. The zero-order valence-corrected chi connectivity index (χ0v) is 7.88. The molecule has 2 N–H and O–H groups in total. The molecule has 0 aliphatic carbocycles. The maximum atomic E-state index is 8.82. The van der Waals surface area contributed by atoms with E-state index in [1.165, 1.54) is 0 Å². The molecule has 74 valence electrons. The molecule has 0 rings (SSSR count). The van der Waals surface area contributed by atoms with Crippen LogP contribution in [-0.4, -0.2) is 51.2 Å². The first-order chi connectivity index (χ1) is 5.77. The van der Waals surface area contributed by atoms with Crippen molar-refractivity contribution >= 4 is 0 Å². The Morgan fingerprint density at radius 2 is 1.92 bits per heavy atom. The van der Waals surface area contributed by atoms with Gasteiger partial charge in [-0.15, -0.1) is 0 Å². The third-order valence-electron chi connectivity index (χ3n) is 1.23. The topological polar surface area (TPSA) is 50.7 Å². The van der Waals surface area contributed by atoms with E-state index in [9.17, 15) is 0 Å². The van der Waals surface area contributed by atoms with Gasteiger partial charge in [0.2, 0.25) is 0 Å². The zero-order valence-electron chi connectivity index (χ0n) is 7.88. The molecule has 0 fully saturated rings. The van der Waals surface area contributed by atoms with E-state index in [0.717, 1.165) is 6.54 Å². The normalized spacial score (nSPS) is 13.2. The van der Waals surface area contributed by atoms with Crippen LogP contribution in [0.15, 0.2) is 0 Å². The van der Waals surface area contributed by atoms with Gasteiger partial charge in [-0.2, -0.15) is 0 Å². The van der Waals surface area contributed by atoms with Gasteiger partial charge in [0.05, 0.1) is 32.5 Å². The van der Waals surface area contributed by atoms with Crippen LogP contribution in [0.2, 0.25) is 0 Å². The van der Waals surface area contributed by atoms with Crippen LogP contribution in [0, 0.1) is 0 Å². The number of ether oxygens (including phenoxy) is 2. The fraction of sp³-hybridized carbons (Fsp3) is 1.00. The molecule has 12 heavy (non-hydrogen) atoms. The van der Waals surface area contributed by atoms with Gasteiger partial charge in [-0.3, -0.25) is 0 Å². The molecule has 0 aromatic heterocycles. The van der Waals surface area contributed by atoms with Crippen molar-refractivity contribution in [1.82, 2.24) is 5.32 Å². The number of hydrogen-bond acceptors (Lipinski definition) is 4. The highest BCUT2D eigenvalue weighted by Gasteiger charge is 1.94. The van der Waals surface area contributed by atoms with Gasteiger partial charge in [-0.1, -0.05) is 0 Å². The second kappa shape index (κ2) is 8.93. The summed E-state index contributed by atoms with van der Waals surface area (Å²) in [4.78, 5) is 0. The van der Waals surface area contributed by atoms with Crippen LogP contribution in [0.25, 0.3) is 0 Å². The molecule has 4 nitrogen and oxygen atoms in total. The molecular weight excluding hydrogens is 158 g/mol. The standard InChI is InChI=1S/C8H19NO3/c1-8(10)7-12-6-5-11-4-3-9-2/h8-10H,3-7H2,1-2H3. The minimum atomic E-state index is -0.387. The van der Waals surface area contributed by atoms with E-state index in [2.05, 4.69) is 5.32 Å². The Kier molecular flexibility index (Phi) is 8.81. The highest BCUT2D eigenvalue weighted by Crippen LogP contribution is 1.83. The van der Waals surface area contributed by atoms with Crippen LogP contribution in [0.5, 0.6) is 0 Å². The molecule has 0 saturated carbocycles. The largest absolute Gasteiger partial charge is 0.391 e. The average Bonchev–Trinajstić information content (AvgIpc) is 2.02. The molecule has 0 aromatic rings. The second-order valence-electron chi connectivity index (χ2n) is 2.64. The van der Waals surface area contributed by atoms with Crippen molar-refractivity contribution in [2.45, 2.75) is 13.0 Å². The summed E-state index contributed by atoms with van der Waals surface area (Å²) in [6.45, 7) is 4.78. The highest BCUT2D eigenvalue weighted by atomic mass is 16.5. The maximum absolute atomic E-state index is 8.82. The molecular formula is C8H19NO3. The number of likely N-dealkylation sites (N-methyl/N-ethyl adjacent to an activating group) is 1. The van der Waals surface area contributed by atoms with Gasteiger partial charge in [-0.05, 0) is 14.0 Å². The zero-order chi connectivity index (χ0) is 9.23. The minimum Gasteiger partial charge on any atom is -0.391 e. The van der Waals surface area contributed by atoms with Crippen LogP contribution in [0.4, 0.5) is 0 Å². The SMILES string of the molecule is CNCCOCCOCC(C)O. The molecule has 4 heteroatoms. The summed E-state index contributed by atoms with van der Waals surface area (Å²) < 4.78 is 10.3. The fourth-order valence-corrected chi connectivity index (χ4v) is 0.648. The van der Waals surface area contributed by atoms with Gasteiger partial charge in [0, 0.05) is 6.54 Å².